The molecule has 3 N–H and O–H groups in total. The van der Waals surface area contributed by atoms with Crippen LogP contribution in [0.4, 0.5) is 9.59 Å². The van der Waals surface area contributed by atoms with Crippen molar-refractivity contribution in [3.63, 3.8) is 0 Å². The molecule has 0 atom stereocenters. The number of aliphatic hydroxyl groups excluding tert-OH is 2. The molecule has 0 saturated heterocycles. The summed E-state index contributed by atoms with van der Waals surface area (Å²) >= 11 is 0. The molecule has 0 aromatic rings. The Hall–Kier alpha value is -1.34. The Morgan fingerprint density at radius 1 is 1.25 bits per heavy atom. The van der Waals surface area contributed by atoms with E-state index in [0.29, 0.717) is 0 Å². The van der Waals surface area contributed by atoms with Crippen LogP contribution in [0.1, 0.15) is 0 Å². The summed E-state index contributed by atoms with van der Waals surface area (Å²) in [5, 5.41) is 24.6. The summed E-state index contributed by atoms with van der Waals surface area (Å²) in [6, 6.07) is 0. The van der Waals surface area contributed by atoms with Crippen molar-refractivity contribution in [3.8, 4) is 0 Å². The zero-order valence-corrected chi connectivity index (χ0v) is 5.97. The van der Waals surface area contributed by atoms with Crippen LogP contribution in [-0.4, -0.2) is 46.9 Å². The van der Waals surface area contributed by atoms with Gasteiger partial charge in [0.15, 0.2) is 6.10 Å². The Bertz CT molecular complexity index is 161. The molecular weight excluding hydrogens is 172 g/mol. The maximum absolute atomic E-state index is 10.3. The van der Waals surface area contributed by atoms with E-state index in [-0.39, 0.29) is 0 Å². The molecule has 0 aliphatic heterocycles. The molecule has 0 unspecified atom stereocenters. The van der Waals surface area contributed by atoms with Crippen LogP contribution in [0.2, 0.25) is 0 Å². The van der Waals surface area contributed by atoms with Crippen molar-refractivity contribution in [1.29, 1.82) is 0 Å². The van der Waals surface area contributed by atoms with Gasteiger partial charge >= 0.3 is 12.3 Å². The fourth-order valence-electron chi connectivity index (χ4n) is 0.364. The molecule has 0 radical (unpaired) electrons. The highest BCUT2D eigenvalue weighted by Crippen LogP contribution is 1.93. The highest BCUT2D eigenvalue weighted by Gasteiger charge is 2.15. The van der Waals surface area contributed by atoms with Gasteiger partial charge in [-0.25, -0.2) is 9.59 Å². The number of carbonyl (C=O) groups is 2. The second-order valence-corrected chi connectivity index (χ2v) is 1.72. The molecule has 0 fully saturated rings. The third-order valence-electron chi connectivity index (χ3n) is 0.841. The summed E-state index contributed by atoms with van der Waals surface area (Å²) in [5.74, 6) is 0. The van der Waals surface area contributed by atoms with Gasteiger partial charge in [-0.1, -0.05) is 0 Å². The number of aliphatic hydroxyl groups is 2. The van der Waals surface area contributed by atoms with E-state index in [1.54, 1.807) is 0 Å². The van der Waals surface area contributed by atoms with Gasteiger partial charge in [0, 0.05) is 0 Å². The molecule has 0 aliphatic rings. The lowest BCUT2D eigenvalue weighted by molar-refractivity contribution is -0.0129. The Morgan fingerprint density at radius 3 is 2.08 bits per heavy atom. The second-order valence-electron chi connectivity index (χ2n) is 1.72. The van der Waals surface area contributed by atoms with Crippen molar-refractivity contribution in [2.45, 2.75) is 6.10 Å². The van der Waals surface area contributed by atoms with E-state index in [9.17, 15) is 9.59 Å². The van der Waals surface area contributed by atoms with Crippen molar-refractivity contribution in [2.75, 3.05) is 13.2 Å². The van der Waals surface area contributed by atoms with Gasteiger partial charge in [0.1, 0.15) is 0 Å². The molecule has 0 rings (SSSR count). The first kappa shape index (κ1) is 10.7. The van der Waals surface area contributed by atoms with Crippen molar-refractivity contribution in [3.05, 3.63) is 0 Å². The van der Waals surface area contributed by atoms with E-state index in [2.05, 4.69) is 9.47 Å². The normalized spacial score (nSPS) is 9.58. The maximum atomic E-state index is 10.3. The van der Waals surface area contributed by atoms with E-state index in [1.165, 1.54) is 0 Å². The van der Waals surface area contributed by atoms with Crippen molar-refractivity contribution in [1.82, 2.24) is 0 Å². The molecule has 0 bridgehead atoms. The van der Waals surface area contributed by atoms with Crippen LogP contribution >= 0.6 is 0 Å². The van der Waals surface area contributed by atoms with Crippen molar-refractivity contribution < 1.29 is 34.4 Å². The summed E-state index contributed by atoms with van der Waals surface area (Å²) in [6.45, 7) is -1.21. The molecule has 0 amide bonds. The van der Waals surface area contributed by atoms with Gasteiger partial charge in [-0.05, 0) is 0 Å². The summed E-state index contributed by atoms with van der Waals surface area (Å²) in [7, 11) is 0. The monoisotopic (exact) mass is 180 g/mol. The van der Waals surface area contributed by atoms with Gasteiger partial charge < -0.3 is 24.8 Å². The number of ether oxygens (including phenoxy) is 2. The minimum atomic E-state index is -1.81. The average Bonchev–Trinajstić information content (AvgIpc) is 1.98. The molecule has 7 nitrogen and oxygen atoms in total. The molecule has 0 heterocycles. The molecule has 0 saturated carbocycles. The number of rotatable bonds is 3. The lowest BCUT2D eigenvalue weighted by Crippen LogP contribution is -2.26. The minimum Gasteiger partial charge on any atom is -0.449 e. The van der Waals surface area contributed by atoms with Gasteiger partial charge in [0.25, 0.3) is 0 Å². The highest BCUT2D eigenvalue weighted by atomic mass is 16.8. The molecule has 70 valence electrons. The number of hydrogen-bond acceptors (Lipinski definition) is 6. The molecule has 12 heavy (non-hydrogen) atoms. The van der Waals surface area contributed by atoms with E-state index in [4.69, 9.17) is 15.3 Å². The van der Waals surface area contributed by atoms with Crippen molar-refractivity contribution in [2.24, 2.45) is 0 Å². The molecular formula is C5H8O7. The first-order valence-corrected chi connectivity index (χ1v) is 2.93. The van der Waals surface area contributed by atoms with Crippen molar-refractivity contribution >= 4 is 12.3 Å². The SMILES string of the molecule is O=C(O)OC(=O)OC(CO)CO. The summed E-state index contributed by atoms with van der Waals surface area (Å²) in [6.07, 6.45) is -4.44. The van der Waals surface area contributed by atoms with E-state index in [0.717, 1.165) is 0 Å². The fraction of sp³-hybridized carbons (Fsp3) is 0.600. The third-order valence-corrected chi connectivity index (χ3v) is 0.841. The molecule has 7 heteroatoms. The van der Waals surface area contributed by atoms with Gasteiger partial charge in [0.05, 0.1) is 13.2 Å². The predicted octanol–water partition coefficient (Wildman–Crippen LogP) is -0.829. The van der Waals surface area contributed by atoms with Crippen LogP contribution in [0.3, 0.4) is 0 Å². The Labute approximate surface area is 67.1 Å². The average molecular weight is 180 g/mol. The van der Waals surface area contributed by atoms with Crippen LogP contribution in [0.5, 0.6) is 0 Å². The van der Waals surface area contributed by atoms with Gasteiger partial charge in [-0.3, -0.25) is 0 Å². The lowest BCUT2D eigenvalue weighted by Gasteiger charge is -2.09. The Kier molecular flexibility index (Phi) is 4.73. The first-order valence-electron chi connectivity index (χ1n) is 2.93. The zero-order chi connectivity index (χ0) is 9.56. The maximum Gasteiger partial charge on any atom is 0.519 e. The standard InChI is InChI=1S/C5H8O7/c6-1-3(2-7)11-5(10)12-4(8)9/h3,6-7H,1-2H2,(H,8,9). The van der Waals surface area contributed by atoms with Crippen LogP contribution in [0.25, 0.3) is 0 Å². The van der Waals surface area contributed by atoms with Gasteiger partial charge in [-0.2, -0.15) is 0 Å². The Balaban J connectivity index is 3.74. The molecule has 0 aromatic heterocycles. The summed E-state index contributed by atoms with van der Waals surface area (Å²) in [4.78, 5) is 20.1. The number of carbonyl (C=O) groups excluding carboxylic acids is 1. The molecule has 0 aromatic carbocycles. The van der Waals surface area contributed by atoms with E-state index in [1.807, 2.05) is 0 Å². The predicted molar refractivity (Wildman–Crippen MR) is 33.6 cm³/mol. The molecule has 0 spiro atoms. The summed E-state index contributed by atoms with van der Waals surface area (Å²) in [5.41, 5.74) is 0. The lowest BCUT2D eigenvalue weighted by atomic mass is 10.4. The zero-order valence-electron chi connectivity index (χ0n) is 5.97. The topological polar surface area (TPSA) is 113 Å². The minimum absolute atomic E-state index is 0.606. The van der Waals surface area contributed by atoms with E-state index >= 15 is 0 Å². The van der Waals surface area contributed by atoms with Crippen LogP contribution < -0.4 is 0 Å². The summed E-state index contributed by atoms with van der Waals surface area (Å²) < 4.78 is 7.64. The largest absolute Gasteiger partial charge is 0.519 e. The van der Waals surface area contributed by atoms with Crippen LogP contribution in [0, 0.1) is 0 Å². The van der Waals surface area contributed by atoms with Gasteiger partial charge in [0.2, 0.25) is 0 Å². The van der Waals surface area contributed by atoms with Gasteiger partial charge in [-0.15, -0.1) is 0 Å². The smallest absolute Gasteiger partial charge is 0.449 e. The number of carboxylic acid groups (broad SMARTS) is 1. The molecule has 0 aliphatic carbocycles. The third kappa shape index (κ3) is 4.47. The quantitative estimate of drug-likeness (QED) is 0.383. The first-order chi connectivity index (χ1) is 5.60. The van der Waals surface area contributed by atoms with Crippen LogP contribution in [0.15, 0.2) is 0 Å². The second kappa shape index (κ2) is 5.33. The Morgan fingerprint density at radius 2 is 1.75 bits per heavy atom. The fourth-order valence-corrected chi connectivity index (χ4v) is 0.364. The van der Waals surface area contributed by atoms with E-state index < -0.39 is 31.6 Å². The highest BCUT2D eigenvalue weighted by molar-refractivity contribution is 5.75. The van der Waals surface area contributed by atoms with Crippen LogP contribution in [-0.2, 0) is 9.47 Å². The number of hydrogen-bond donors (Lipinski definition) is 3.